The average Bonchev–Trinajstić information content (AvgIpc) is 2.73. The number of piperazine rings is 1. The van der Waals surface area contributed by atoms with Crippen LogP contribution in [0.4, 0.5) is 5.69 Å². The minimum atomic E-state index is -0.366. The Hall–Kier alpha value is -3.26. The number of amides is 2. The quantitative estimate of drug-likeness (QED) is 0.683. The second-order valence-electron chi connectivity index (χ2n) is 6.87. The minimum Gasteiger partial charge on any atom is -0.480 e. The van der Waals surface area contributed by atoms with Crippen molar-refractivity contribution >= 4 is 17.5 Å². The van der Waals surface area contributed by atoms with Gasteiger partial charge in [-0.25, -0.2) is 0 Å². The standard InChI is InChI=1S/C21H26N4O4/c1-24-10-12-25(13-11-24)21(27)14-23-20(26)15-28-18-4-2-3-5-19(18)29-17-8-6-16(22)7-9-17/h2-9H,10-15,22H2,1H3,(H,23,26). The molecule has 1 aliphatic rings. The number of anilines is 1. The fourth-order valence-electron chi connectivity index (χ4n) is 2.85. The maximum absolute atomic E-state index is 12.2. The van der Waals surface area contributed by atoms with Crippen molar-refractivity contribution in [3.63, 3.8) is 0 Å². The summed E-state index contributed by atoms with van der Waals surface area (Å²) in [5.74, 6) is 1.08. The smallest absolute Gasteiger partial charge is 0.258 e. The third kappa shape index (κ3) is 6.11. The van der Waals surface area contributed by atoms with Crippen LogP contribution in [0, 0.1) is 0 Å². The van der Waals surface area contributed by atoms with Crippen LogP contribution < -0.4 is 20.5 Å². The molecule has 3 rings (SSSR count). The molecule has 0 radical (unpaired) electrons. The van der Waals surface area contributed by atoms with Crippen LogP contribution >= 0.6 is 0 Å². The van der Waals surface area contributed by atoms with Crippen LogP contribution in [0.2, 0.25) is 0 Å². The normalized spacial score (nSPS) is 14.3. The molecule has 1 saturated heterocycles. The number of nitrogens with one attached hydrogen (secondary N) is 1. The van der Waals surface area contributed by atoms with E-state index in [1.54, 1.807) is 47.4 Å². The summed E-state index contributed by atoms with van der Waals surface area (Å²) >= 11 is 0. The van der Waals surface area contributed by atoms with Gasteiger partial charge < -0.3 is 30.3 Å². The summed E-state index contributed by atoms with van der Waals surface area (Å²) in [6.45, 7) is 2.80. The van der Waals surface area contributed by atoms with Gasteiger partial charge in [-0.1, -0.05) is 12.1 Å². The number of carbonyl (C=O) groups is 2. The van der Waals surface area contributed by atoms with Gasteiger partial charge in [-0.2, -0.15) is 0 Å². The zero-order valence-corrected chi connectivity index (χ0v) is 16.5. The van der Waals surface area contributed by atoms with E-state index < -0.39 is 0 Å². The third-order valence-corrected chi connectivity index (χ3v) is 4.61. The van der Waals surface area contributed by atoms with Crippen molar-refractivity contribution in [1.29, 1.82) is 0 Å². The van der Waals surface area contributed by atoms with Gasteiger partial charge >= 0.3 is 0 Å². The van der Waals surface area contributed by atoms with E-state index >= 15 is 0 Å². The van der Waals surface area contributed by atoms with Crippen molar-refractivity contribution in [3.8, 4) is 17.2 Å². The van der Waals surface area contributed by atoms with E-state index in [4.69, 9.17) is 15.2 Å². The lowest BCUT2D eigenvalue weighted by molar-refractivity contribution is -0.134. The fourth-order valence-corrected chi connectivity index (χ4v) is 2.85. The molecule has 1 heterocycles. The van der Waals surface area contributed by atoms with Crippen LogP contribution in [-0.2, 0) is 9.59 Å². The Morgan fingerprint density at radius 3 is 2.34 bits per heavy atom. The largest absolute Gasteiger partial charge is 0.480 e. The number of ether oxygens (including phenoxy) is 2. The summed E-state index contributed by atoms with van der Waals surface area (Å²) in [5.41, 5.74) is 6.32. The molecule has 2 aromatic rings. The summed E-state index contributed by atoms with van der Waals surface area (Å²) in [6.07, 6.45) is 0. The van der Waals surface area contributed by atoms with Gasteiger partial charge in [0.2, 0.25) is 5.91 Å². The maximum Gasteiger partial charge on any atom is 0.258 e. The zero-order valence-electron chi connectivity index (χ0n) is 16.5. The number of nitrogen functional groups attached to an aromatic ring is 1. The van der Waals surface area contributed by atoms with Crippen LogP contribution in [0.5, 0.6) is 17.2 Å². The Morgan fingerprint density at radius 1 is 1.00 bits per heavy atom. The zero-order chi connectivity index (χ0) is 20.6. The highest BCUT2D eigenvalue weighted by atomic mass is 16.5. The first kappa shape index (κ1) is 20.5. The molecule has 2 amide bonds. The Kier molecular flexibility index (Phi) is 6.91. The van der Waals surface area contributed by atoms with Crippen LogP contribution in [-0.4, -0.2) is 68.0 Å². The Balaban J connectivity index is 1.47. The lowest BCUT2D eigenvalue weighted by Crippen LogP contribution is -2.50. The molecule has 0 unspecified atom stereocenters. The Labute approximate surface area is 170 Å². The monoisotopic (exact) mass is 398 g/mol. The van der Waals surface area contributed by atoms with Crippen molar-refractivity contribution in [1.82, 2.24) is 15.1 Å². The van der Waals surface area contributed by atoms with Crippen LogP contribution in [0.3, 0.4) is 0 Å². The van der Waals surface area contributed by atoms with E-state index in [-0.39, 0.29) is 25.0 Å². The number of para-hydroxylation sites is 2. The first-order valence-corrected chi connectivity index (χ1v) is 9.49. The molecule has 3 N–H and O–H groups in total. The van der Waals surface area contributed by atoms with Crippen molar-refractivity contribution in [3.05, 3.63) is 48.5 Å². The Morgan fingerprint density at radius 2 is 1.66 bits per heavy atom. The van der Waals surface area contributed by atoms with E-state index in [1.165, 1.54) is 0 Å². The first-order chi connectivity index (χ1) is 14.0. The first-order valence-electron chi connectivity index (χ1n) is 9.49. The molecule has 0 atom stereocenters. The minimum absolute atomic E-state index is 0.0323. The molecule has 0 spiro atoms. The fraction of sp³-hybridized carbons (Fsp3) is 0.333. The van der Waals surface area contributed by atoms with E-state index in [2.05, 4.69) is 10.2 Å². The molecule has 0 aliphatic carbocycles. The molecule has 8 nitrogen and oxygen atoms in total. The van der Waals surface area contributed by atoms with Gasteiger partial charge in [0.25, 0.3) is 5.91 Å². The number of hydrogen-bond donors (Lipinski definition) is 2. The maximum atomic E-state index is 12.2. The predicted octanol–water partition coefficient (Wildman–Crippen LogP) is 1.33. The summed E-state index contributed by atoms with van der Waals surface area (Å²) in [4.78, 5) is 28.2. The van der Waals surface area contributed by atoms with E-state index in [0.717, 1.165) is 13.1 Å². The molecule has 2 aromatic carbocycles. The highest BCUT2D eigenvalue weighted by Gasteiger charge is 2.19. The SMILES string of the molecule is CN1CCN(C(=O)CNC(=O)COc2ccccc2Oc2ccc(N)cc2)CC1. The second-order valence-corrected chi connectivity index (χ2v) is 6.87. The van der Waals surface area contributed by atoms with E-state index in [0.29, 0.717) is 36.0 Å². The van der Waals surface area contributed by atoms with Gasteiger partial charge in [-0.15, -0.1) is 0 Å². The summed E-state index contributed by atoms with van der Waals surface area (Å²) in [5, 5.41) is 2.61. The van der Waals surface area contributed by atoms with Crippen molar-refractivity contribution < 1.29 is 19.1 Å². The van der Waals surface area contributed by atoms with Gasteiger partial charge in [0.05, 0.1) is 6.54 Å². The van der Waals surface area contributed by atoms with Gasteiger partial charge in [0, 0.05) is 31.9 Å². The molecule has 8 heteroatoms. The second kappa shape index (κ2) is 9.79. The molecule has 1 aliphatic heterocycles. The molecule has 0 aromatic heterocycles. The molecule has 0 saturated carbocycles. The number of benzene rings is 2. The number of nitrogens with two attached hydrogens (primary N) is 1. The lowest BCUT2D eigenvalue weighted by atomic mass is 10.3. The molecule has 29 heavy (non-hydrogen) atoms. The number of hydrogen-bond acceptors (Lipinski definition) is 6. The summed E-state index contributed by atoms with van der Waals surface area (Å²) < 4.78 is 11.4. The van der Waals surface area contributed by atoms with Gasteiger partial charge in [0.15, 0.2) is 18.1 Å². The van der Waals surface area contributed by atoms with E-state index in [1.807, 2.05) is 13.1 Å². The van der Waals surface area contributed by atoms with E-state index in [9.17, 15) is 9.59 Å². The molecule has 1 fully saturated rings. The van der Waals surface area contributed by atoms with Crippen LogP contribution in [0.1, 0.15) is 0 Å². The van der Waals surface area contributed by atoms with Crippen molar-refractivity contribution in [2.75, 3.05) is 52.1 Å². The average molecular weight is 398 g/mol. The topological polar surface area (TPSA) is 97.1 Å². The molecule has 154 valence electrons. The highest BCUT2D eigenvalue weighted by Crippen LogP contribution is 2.31. The number of carbonyl (C=O) groups excluding carboxylic acids is 2. The molecular weight excluding hydrogens is 372 g/mol. The van der Waals surface area contributed by atoms with Crippen molar-refractivity contribution in [2.45, 2.75) is 0 Å². The van der Waals surface area contributed by atoms with Gasteiger partial charge in [-0.3, -0.25) is 9.59 Å². The summed E-state index contributed by atoms with van der Waals surface area (Å²) in [6, 6.07) is 14.1. The van der Waals surface area contributed by atoms with Crippen LogP contribution in [0.15, 0.2) is 48.5 Å². The third-order valence-electron chi connectivity index (χ3n) is 4.61. The lowest BCUT2D eigenvalue weighted by Gasteiger charge is -2.32. The predicted molar refractivity (Wildman–Crippen MR) is 110 cm³/mol. The summed E-state index contributed by atoms with van der Waals surface area (Å²) in [7, 11) is 2.02. The number of likely N-dealkylation sites (N-methyl/N-ethyl adjacent to an activating group) is 1. The highest BCUT2D eigenvalue weighted by molar-refractivity contribution is 5.85. The Bertz CT molecular complexity index is 833. The van der Waals surface area contributed by atoms with Gasteiger partial charge in [0.1, 0.15) is 5.75 Å². The number of nitrogens with zero attached hydrogens (tertiary/aromatic N) is 2. The molecule has 0 bridgehead atoms. The molecular formula is C21H26N4O4. The van der Waals surface area contributed by atoms with Crippen LogP contribution in [0.25, 0.3) is 0 Å². The van der Waals surface area contributed by atoms with Crippen molar-refractivity contribution in [2.24, 2.45) is 0 Å². The van der Waals surface area contributed by atoms with Gasteiger partial charge in [-0.05, 0) is 43.4 Å². The number of rotatable bonds is 7.